The maximum atomic E-state index is 12.0. The molecule has 2 heteroatoms. The number of hydrogen-bond acceptors (Lipinski definition) is 2. The Morgan fingerprint density at radius 3 is 2.12 bits per heavy atom. The highest BCUT2D eigenvalue weighted by atomic mass is 16.1. The van der Waals surface area contributed by atoms with Crippen molar-refractivity contribution in [2.75, 3.05) is 20.6 Å². The first-order valence-electron chi connectivity index (χ1n) is 6.46. The molecule has 16 heavy (non-hydrogen) atoms. The average Bonchev–Trinajstić information content (AvgIpc) is 2.16. The molecule has 0 atom stereocenters. The number of nitrogens with zero attached hydrogens (tertiary/aromatic N) is 1. The van der Waals surface area contributed by atoms with E-state index in [1.54, 1.807) is 0 Å². The number of rotatable bonds is 8. The third-order valence-corrected chi connectivity index (χ3v) is 3.67. The summed E-state index contributed by atoms with van der Waals surface area (Å²) in [6.45, 7) is 9.52. The fourth-order valence-electron chi connectivity index (χ4n) is 1.53. The number of hydrogen-bond donors (Lipinski definition) is 0. The summed E-state index contributed by atoms with van der Waals surface area (Å²) >= 11 is 0. The molecule has 2 nitrogen and oxygen atoms in total. The smallest absolute Gasteiger partial charge is 0.138 e. The van der Waals surface area contributed by atoms with E-state index in [2.05, 4.69) is 46.7 Å². The lowest BCUT2D eigenvalue weighted by Gasteiger charge is -2.27. The van der Waals surface area contributed by atoms with Gasteiger partial charge in [-0.15, -0.1) is 0 Å². The Balaban J connectivity index is 3.74. The minimum atomic E-state index is -0.151. The number of carbonyl (C=O) groups is 1. The van der Waals surface area contributed by atoms with E-state index in [9.17, 15) is 4.79 Å². The first-order chi connectivity index (χ1) is 7.28. The molecular weight excluding hydrogens is 198 g/mol. The first-order valence-corrected chi connectivity index (χ1v) is 6.46. The van der Waals surface area contributed by atoms with Crippen molar-refractivity contribution in [2.45, 2.75) is 53.4 Å². The molecular formula is C14H29NO. The van der Waals surface area contributed by atoms with Crippen LogP contribution in [0.5, 0.6) is 0 Å². The van der Waals surface area contributed by atoms with Gasteiger partial charge in [-0.3, -0.25) is 4.79 Å². The van der Waals surface area contributed by atoms with Crippen molar-refractivity contribution < 1.29 is 4.79 Å². The van der Waals surface area contributed by atoms with Gasteiger partial charge in [0.2, 0.25) is 0 Å². The molecule has 0 amide bonds. The van der Waals surface area contributed by atoms with Crippen LogP contribution in [0.3, 0.4) is 0 Å². The quantitative estimate of drug-likeness (QED) is 0.593. The highest BCUT2D eigenvalue weighted by molar-refractivity contribution is 5.84. The monoisotopic (exact) mass is 227 g/mol. The SMILES string of the molecule is CC(C)C(C)(C)C(=O)CCCCCN(C)C. The molecule has 96 valence electrons. The van der Waals surface area contributed by atoms with Crippen molar-refractivity contribution in [1.29, 1.82) is 0 Å². The van der Waals surface area contributed by atoms with Gasteiger partial charge in [-0.1, -0.05) is 34.1 Å². The van der Waals surface area contributed by atoms with Gasteiger partial charge < -0.3 is 4.90 Å². The second-order valence-corrected chi connectivity index (χ2v) is 5.91. The molecule has 0 bridgehead atoms. The minimum Gasteiger partial charge on any atom is -0.309 e. The lowest BCUT2D eigenvalue weighted by molar-refractivity contribution is -0.129. The van der Waals surface area contributed by atoms with Gasteiger partial charge in [-0.25, -0.2) is 0 Å². The average molecular weight is 227 g/mol. The topological polar surface area (TPSA) is 20.3 Å². The van der Waals surface area contributed by atoms with Crippen LogP contribution >= 0.6 is 0 Å². The summed E-state index contributed by atoms with van der Waals surface area (Å²) in [5, 5.41) is 0. The summed E-state index contributed by atoms with van der Waals surface area (Å²) in [4.78, 5) is 14.2. The molecule has 0 aliphatic carbocycles. The fourth-order valence-corrected chi connectivity index (χ4v) is 1.53. The van der Waals surface area contributed by atoms with Crippen LogP contribution in [0.25, 0.3) is 0 Å². The molecule has 0 radical (unpaired) electrons. The van der Waals surface area contributed by atoms with Crippen LogP contribution in [-0.4, -0.2) is 31.3 Å². The Bertz CT molecular complexity index is 207. The zero-order valence-electron chi connectivity index (χ0n) is 12.0. The second-order valence-electron chi connectivity index (χ2n) is 5.91. The Kier molecular flexibility index (Phi) is 6.89. The van der Waals surface area contributed by atoms with Gasteiger partial charge in [-0.2, -0.15) is 0 Å². The molecule has 0 aliphatic heterocycles. The zero-order chi connectivity index (χ0) is 12.8. The van der Waals surface area contributed by atoms with E-state index >= 15 is 0 Å². The standard InChI is InChI=1S/C14H29NO/c1-12(2)14(3,4)13(16)10-8-7-9-11-15(5)6/h12H,7-11H2,1-6H3. The van der Waals surface area contributed by atoms with E-state index in [4.69, 9.17) is 0 Å². The van der Waals surface area contributed by atoms with Gasteiger partial charge in [0, 0.05) is 11.8 Å². The predicted molar refractivity (Wildman–Crippen MR) is 70.6 cm³/mol. The van der Waals surface area contributed by atoms with Crippen LogP contribution < -0.4 is 0 Å². The van der Waals surface area contributed by atoms with E-state index < -0.39 is 0 Å². The lowest BCUT2D eigenvalue weighted by atomic mass is 9.76. The molecule has 0 unspecified atom stereocenters. The van der Waals surface area contributed by atoms with Crippen LogP contribution in [0, 0.1) is 11.3 Å². The van der Waals surface area contributed by atoms with Crippen LogP contribution in [0.15, 0.2) is 0 Å². The number of carbonyl (C=O) groups excluding carboxylic acids is 1. The van der Waals surface area contributed by atoms with Gasteiger partial charge in [-0.05, 0) is 39.4 Å². The minimum absolute atomic E-state index is 0.151. The molecule has 0 aromatic rings. The van der Waals surface area contributed by atoms with Gasteiger partial charge in [0.25, 0.3) is 0 Å². The van der Waals surface area contributed by atoms with Gasteiger partial charge in [0.1, 0.15) is 5.78 Å². The van der Waals surface area contributed by atoms with Gasteiger partial charge >= 0.3 is 0 Å². The third-order valence-electron chi connectivity index (χ3n) is 3.67. The largest absolute Gasteiger partial charge is 0.309 e. The molecule has 0 heterocycles. The summed E-state index contributed by atoms with van der Waals surface area (Å²) in [5.41, 5.74) is -0.151. The van der Waals surface area contributed by atoms with Crippen molar-refractivity contribution in [1.82, 2.24) is 4.90 Å². The van der Waals surface area contributed by atoms with Crippen LogP contribution in [-0.2, 0) is 4.79 Å². The first kappa shape index (κ1) is 15.6. The highest BCUT2D eigenvalue weighted by Crippen LogP contribution is 2.29. The molecule has 0 saturated carbocycles. The summed E-state index contributed by atoms with van der Waals surface area (Å²) in [6.07, 6.45) is 4.15. The van der Waals surface area contributed by atoms with E-state index in [1.807, 2.05) is 0 Å². The lowest BCUT2D eigenvalue weighted by Crippen LogP contribution is -2.29. The number of Topliss-reactive ketones (excluding diaryl/α,β-unsaturated/α-hetero) is 1. The molecule has 0 aromatic heterocycles. The van der Waals surface area contributed by atoms with Crippen molar-refractivity contribution in [3.63, 3.8) is 0 Å². The van der Waals surface area contributed by atoms with Gasteiger partial charge in [0.15, 0.2) is 0 Å². The second kappa shape index (κ2) is 7.05. The highest BCUT2D eigenvalue weighted by Gasteiger charge is 2.29. The summed E-state index contributed by atoms with van der Waals surface area (Å²) in [5.74, 6) is 0.856. The van der Waals surface area contributed by atoms with E-state index in [-0.39, 0.29) is 5.41 Å². The molecule has 0 aliphatic rings. The van der Waals surface area contributed by atoms with Crippen molar-refractivity contribution in [3.05, 3.63) is 0 Å². The zero-order valence-corrected chi connectivity index (χ0v) is 12.0. The molecule has 0 rings (SSSR count). The molecule has 0 fully saturated rings. The summed E-state index contributed by atoms with van der Waals surface area (Å²) in [7, 11) is 4.18. The Hall–Kier alpha value is -0.370. The number of ketones is 1. The fraction of sp³-hybridized carbons (Fsp3) is 0.929. The maximum Gasteiger partial charge on any atom is 0.138 e. The predicted octanol–water partition coefficient (Wildman–Crippen LogP) is 3.36. The Morgan fingerprint density at radius 1 is 1.12 bits per heavy atom. The summed E-state index contributed by atoms with van der Waals surface area (Å²) in [6, 6.07) is 0. The molecule has 0 spiro atoms. The van der Waals surface area contributed by atoms with E-state index in [0.29, 0.717) is 11.7 Å². The van der Waals surface area contributed by atoms with E-state index in [1.165, 1.54) is 6.42 Å². The third kappa shape index (κ3) is 5.64. The van der Waals surface area contributed by atoms with Gasteiger partial charge in [0.05, 0.1) is 0 Å². The molecule has 0 N–H and O–H groups in total. The maximum absolute atomic E-state index is 12.0. The number of unbranched alkanes of at least 4 members (excludes halogenated alkanes) is 2. The van der Waals surface area contributed by atoms with Crippen molar-refractivity contribution >= 4 is 5.78 Å². The van der Waals surface area contributed by atoms with Crippen molar-refractivity contribution in [3.8, 4) is 0 Å². The Labute approximate surface area is 101 Å². The van der Waals surface area contributed by atoms with Crippen molar-refractivity contribution in [2.24, 2.45) is 11.3 Å². The normalized spacial score (nSPS) is 12.5. The van der Waals surface area contributed by atoms with Crippen LogP contribution in [0.2, 0.25) is 0 Å². The summed E-state index contributed by atoms with van der Waals surface area (Å²) < 4.78 is 0. The van der Waals surface area contributed by atoms with Crippen LogP contribution in [0.1, 0.15) is 53.4 Å². The Morgan fingerprint density at radius 2 is 1.69 bits per heavy atom. The molecule has 0 aromatic carbocycles. The van der Waals surface area contributed by atoms with E-state index in [0.717, 1.165) is 25.8 Å². The molecule has 0 saturated heterocycles. The van der Waals surface area contributed by atoms with Crippen LogP contribution in [0.4, 0.5) is 0 Å².